The molecule has 1 amide bonds. The molecule has 2 heterocycles. The minimum atomic E-state index is -3.92. The molecule has 0 aliphatic carbocycles. The Labute approximate surface area is 177 Å². The Hall–Kier alpha value is -4.11. The van der Waals surface area contributed by atoms with E-state index >= 15 is 0 Å². The van der Waals surface area contributed by atoms with Crippen LogP contribution in [0.1, 0.15) is 22.8 Å². The van der Waals surface area contributed by atoms with E-state index in [-0.39, 0.29) is 27.6 Å². The fourth-order valence-corrected chi connectivity index (χ4v) is 3.78. The lowest BCUT2D eigenvalue weighted by molar-refractivity contribution is -0.112. The molecule has 3 rings (SSSR count). The van der Waals surface area contributed by atoms with E-state index < -0.39 is 27.3 Å². The van der Waals surface area contributed by atoms with Gasteiger partial charge in [-0.3, -0.25) is 9.52 Å². The third kappa shape index (κ3) is 4.41. The summed E-state index contributed by atoms with van der Waals surface area (Å²) in [6, 6.07) is 6.87. The van der Waals surface area contributed by atoms with Crippen LogP contribution in [-0.2, 0) is 14.8 Å². The normalized spacial score (nSPS) is 12.1. The first-order valence-corrected chi connectivity index (χ1v) is 10.2. The zero-order valence-corrected chi connectivity index (χ0v) is 17.4. The Bertz CT molecular complexity index is 1290. The second-order valence-electron chi connectivity index (χ2n) is 6.41. The van der Waals surface area contributed by atoms with E-state index in [0.717, 1.165) is 0 Å². The zero-order valence-electron chi connectivity index (χ0n) is 16.6. The van der Waals surface area contributed by atoms with Crippen LogP contribution in [-0.4, -0.2) is 29.7 Å². The number of sulfonamides is 1. The van der Waals surface area contributed by atoms with Gasteiger partial charge in [-0.1, -0.05) is 10.3 Å². The van der Waals surface area contributed by atoms with Crippen molar-refractivity contribution in [3.8, 4) is 6.07 Å². The average Bonchev–Trinajstić information content (AvgIpc) is 3.29. The van der Waals surface area contributed by atoms with Gasteiger partial charge >= 0.3 is 0 Å². The molecule has 11 nitrogen and oxygen atoms in total. The summed E-state index contributed by atoms with van der Waals surface area (Å²) in [7, 11) is -3.92. The van der Waals surface area contributed by atoms with Crippen molar-refractivity contribution in [2.45, 2.75) is 25.7 Å². The van der Waals surface area contributed by atoms with Crippen LogP contribution in [0.4, 0.5) is 11.4 Å². The number of nitrogens with zero attached hydrogens (tertiary/aromatic N) is 3. The maximum absolute atomic E-state index is 12.6. The lowest BCUT2D eigenvalue weighted by Gasteiger charge is -2.09. The van der Waals surface area contributed by atoms with Gasteiger partial charge in [-0.25, -0.2) is 8.42 Å². The monoisotopic (exact) mass is 443 g/mol. The summed E-state index contributed by atoms with van der Waals surface area (Å²) in [4.78, 5) is 12.3. The third-order valence-corrected chi connectivity index (χ3v) is 5.64. The van der Waals surface area contributed by atoms with E-state index in [0.29, 0.717) is 11.5 Å². The Morgan fingerprint density at radius 2 is 1.81 bits per heavy atom. The minimum Gasteiger partial charge on any atom is -0.506 e. The van der Waals surface area contributed by atoms with E-state index in [9.17, 15) is 23.6 Å². The van der Waals surface area contributed by atoms with Crippen molar-refractivity contribution in [1.29, 1.82) is 5.26 Å². The van der Waals surface area contributed by atoms with Crippen molar-refractivity contribution in [2.24, 2.45) is 0 Å². The van der Waals surface area contributed by atoms with Crippen LogP contribution >= 0.6 is 0 Å². The van der Waals surface area contributed by atoms with Crippen molar-refractivity contribution in [1.82, 2.24) is 10.3 Å². The second-order valence-corrected chi connectivity index (χ2v) is 8.10. The summed E-state index contributed by atoms with van der Waals surface area (Å²) in [5.41, 5.74) is 0.412. The average molecular weight is 443 g/mol. The lowest BCUT2D eigenvalue weighted by atomic mass is 10.1. The van der Waals surface area contributed by atoms with Crippen molar-refractivity contribution >= 4 is 33.1 Å². The Morgan fingerprint density at radius 3 is 2.32 bits per heavy atom. The van der Waals surface area contributed by atoms with Gasteiger partial charge in [0.25, 0.3) is 15.9 Å². The standard InChI is InChI=1S/C19H17N5O6S/c1-10-17(12(3)30-23-10)24-31(27,28)14-6-4-13(5-7-14)22-19(26)15(8-20)18(25)16-9-21-29-11(16)2/h4-7,9,24-25H,1-3H3,(H,22,26)/b18-15-. The van der Waals surface area contributed by atoms with Gasteiger partial charge in [0.1, 0.15) is 23.2 Å². The van der Waals surface area contributed by atoms with Gasteiger partial charge in [0, 0.05) is 5.69 Å². The summed E-state index contributed by atoms with van der Waals surface area (Å²) >= 11 is 0. The molecule has 0 saturated heterocycles. The van der Waals surface area contributed by atoms with Crippen molar-refractivity contribution in [3.05, 3.63) is 58.8 Å². The molecule has 1 aromatic carbocycles. The molecule has 0 fully saturated rings. The molecule has 0 radical (unpaired) electrons. The van der Waals surface area contributed by atoms with Crippen LogP contribution in [0.15, 0.2) is 50.0 Å². The van der Waals surface area contributed by atoms with Gasteiger partial charge in [0.2, 0.25) is 0 Å². The number of benzene rings is 1. The molecule has 0 unspecified atom stereocenters. The summed E-state index contributed by atoms with van der Waals surface area (Å²) in [5.74, 6) is -0.909. The van der Waals surface area contributed by atoms with E-state index in [4.69, 9.17) is 9.05 Å². The molecule has 0 saturated carbocycles. The highest BCUT2D eigenvalue weighted by molar-refractivity contribution is 7.92. The first-order valence-electron chi connectivity index (χ1n) is 8.76. The van der Waals surface area contributed by atoms with Gasteiger partial charge < -0.3 is 19.5 Å². The van der Waals surface area contributed by atoms with E-state index in [2.05, 4.69) is 20.4 Å². The highest BCUT2D eigenvalue weighted by Gasteiger charge is 2.21. The number of aliphatic hydroxyl groups excluding tert-OH is 1. The van der Waals surface area contributed by atoms with Crippen LogP contribution < -0.4 is 10.0 Å². The molecule has 0 aliphatic rings. The minimum absolute atomic E-state index is 0.0653. The number of amides is 1. The summed E-state index contributed by atoms with van der Waals surface area (Å²) in [5, 5.41) is 29.1. The molecule has 2 aromatic heterocycles. The molecule has 160 valence electrons. The van der Waals surface area contributed by atoms with Crippen LogP contribution in [0.2, 0.25) is 0 Å². The molecule has 0 aliphatic heterocycles. The van der Waals surface area contributed by atoms with Gasteiger partial charge in [0.05, 0.1) is 16.7 Å². The highest BCUT2D eigenvalue weighted by Crippen LogP contribution is 2.24. The van der Waals surface area contributed by atoms with Crippen LogP contribution in [0.3, 0.4) is 0 Å². The molecule has 3 aromatic rings. The predicted octanol–water partition coefficient (Wildman–Crippen LogP) is 2.82. The fourth-order valence-electron chi connectivity index (χ4n) is 2.60. The van der Waals surface area contributed by atoms with Crippen molar-refractivity contribution in [2.75, 3.05) is 10.0 Å². The number of aryl methyl sites for hydroxylation is 3. The number of carbonyl (C=O) groups is 1. The molecule has 12 heteroatoms. The lowest BCUT2D eigenvalue weighted by Crippen LogP contribution is -2.16. The molecule has 31 heavy (non-hydrogen) atoms. The molecule has 0 atom stereocenters. The van der Waals surface area contributed by atoms with Crippen molar-refractivity contribution < 1.29 is 27.4 Å². The zero-order chi connectivity index (χ0) is 22.8. The largest absolute Gasteiger partial charge is 0.506 e. The number of nitriles is 1. The van der Waals surface area contributed by atoms with E-state index in [1.807, 2.05) is 0 Å². The highest BCUT2D eigenvalue weighted by atomic mass is 32.2. The summed E-state index contributed by atoms with van der Waals surface area (Å²) < 4.78 is 37.3. The van der Waals surface area contributed by atoms with E-state index in [1.165, 1.54) is 37.4 Å². The molecule has 0 bridgehead atoms. The Balaban J connectivity index is 1.79. The number of hydrogen-bond donors (Lipinski definition) is 3. The van der Waals surface area contributed by atoms with Crippen molar-refractivity contribution in [3.63, 3.8) is 0 Å². The molecule has 0 spiro atoms. The second kappa shape index (κ2) is 8.33. The van der Waals surface area contributed by atoms with Crippen LogP contribution in [0.25, 0.3) is 5.76 Å². The number of aliphatic hydroxyl groups is 1. The van der Waals surface area contributed by atoms with Gasteiger partial charge in [0.15, 0.2) is 17.1 Å². The van der Waals surface area contributed by atoms with Crippen LogP contribution in [0.5, 0.6) is 0 Å². The number of hydrogen-bond acceptors (Lipinski definition) is 9. The fraction of sp³-hybridized carbons (Fsp3) is 0.158. The maximum atomic E-state index is 12.6. The quantitative estimate of drug-likeness (QED) is 0.294. The first-order chi connectivity index (χ1) is 14.6. The molecule has 3 N–H and O–H groups in total. The molecular formula is C19H17N5O6S. The topological polar surface area (TPSA) is 171 Å². The SMILES string of the molecule is Cc1noc(C)c1NS(=O)(=O)c1ccc(NC(=O)/C(C#N)=C(\O)c2cnoc2C)cc1. The smallest absolute Gasteiger partial charge is 0.270 e. The molecular weight excluding hydrogens is 426 g/mol. The Morgan fingerprint density at radius 1 is 1.13 bits per heavy atom. The number of anilines is 2. The predicted molar refractivity (Wildman–Crippen MR) is 108 cm³/mol. The summed E-state index contributed by atoms with van der Waals surface area (Å²) in [6.45, 7) is 4.69. The third-order valence-electron chi connectivity index (χ3n) is 4.27. The van der Waals surface area contributed by atoms with E-state index in [1.54, 1.807) is 19.9 Å². The van der Waals surface area contributed by atoms with Gasteiger partial charge in [-0.2, -0.15) is 5.26 Å². The van der Waals surface area contributed by atoms with Gasteiger partial charge in [-0.15, -0.1) is 0 Å². The first kappa shape index (κ1) is 21.6. The number of carbonyl (C=O) groups excluding carboxylic acids is 1. The number of rotatable bonds is 6. The Kier molecular flexibility index (Phi) is 5.80. The van der Waals surface area contributed by atoms with Gasteiger partial charge in [-0.05, 0) is 45.0 Å². The number of nitrogens with one attached hydrogen (secondary N) is 2. The summed E-state index contributed by atoms with van der Waals surface area (Å²) in [6.07, 6.45) is 1.18. The number of aromatic nitrogens is 2. The maximum Gasteiger partial charge on any atom is 0.270 e. The van der Waals surface area contributed by atoms with Crippen LogP contribution in [0, 0.1) is 32.1 Å².